The van der Waals surface area contributed by atoms with Crippen molar-refractivity contribution in [2.75, 3.05) is 37.7 Å². The van der Waals surface area contributed by atoms with E-state index in [-0.39, 0.29) is 5.97 Å². The fraction of sp³-hybridized carbons (Fsp3) is 0.261. The van der Waals surface area contributed by atoms with Gasteiger partial charge in [0.25, 0.3) is 0 Å². The molecule has 5 rings (SSSR count). The van der Waals surface area contributed by atoms with E-state index in [9.17, 15) is 4.79 Å². The number of hydrogen-bond acceptors (Lipinski definition) is 5. The molecule has 1 aliphatic heterocycles. The molecule has 2 aliphatic rings. The van der Waals surface area contributed by atoms with E-state index in [4.69, 9.17) is 9.72 Å². The Labute approximate surface area is 170 Å². The molecule has 2 aromatic heterocycles. The van der Waals surface area contributed by atoms with Gasteiger partial charge < -0.3 is 19.4 Å². The third-order valence-corrected chi connectivity index (χ3v) is 5.45. The van der Waals surface area contributed by atoms with Crippen LogP contribution in [-0.2, 0) is 4.74 Å². The number of carbonyl (C=O) groups excluding carboxylic acids is 1. The number of nitrogens with one attached hydrogen (secondary N) is 1. The number of carbonyl (C=O) groups is 1. The first-order valence-corrected chi connectivity index (χ1v) is 10.1. The lowest BCUT2D eigenvalue weighted by molar-refractivity contribution is 0.0526. The predicted octanol–water partition coefficient (Wildman–Crippen LogP) is 2.83. The zero-order chi connectivity index (χ0) is 19.8. The van der Waals surface area contributed by atoms with Crippen molar-refractivity contribution in [2.45, 2.75) is 6.92 Å². The third kappa shape index (κ3) is 3.15. The molecule has 1 aromatic carbocycles. The number of nitrogens with zero attached hydrogens (tertiary/aromatic N) is 3. The molecular weight excluding hydrogens is 364 g/mol. The summed E-state index contributed by atoms with van der Waals surface area (Å²) in [4.78, 5) is 20.2. The van der Waals surface area contributed by atoms with Crippen molar-refractivity contribution in [2.24, 2.45) is 0 Å². The largest absolute Gasteiger partial charge is 0.462 e. The van der Waals surface area contributed by atoms with Crippen LogP contribution in [0, 0.1) is 31.6 Å². The maximum absolute atomic E-state index is 12.9. The van der Waals surface area contributed by atoms with Crippen LogP contribution < -0.4 is 10.2 Å². The maximum Gasteiger partial charge on any atom is 0.340 e. The Morgan fingerprint density at radius 3 is 2.69 bits per heavy atom. The molecule has 6 heteroatoms. The van der Waals surface area contributed by atoms with Gasteiger partial charge in [-0.1, -0.05) is 12.1 Å². The number of fused-ring (bicyclic) bond motifs is 3. The van der Waals surface area contributed by atoms with Crippen LogP contribution in [0.4, 0.5) is 5.82 Å². The molecule has 1 saturated carbocycles. The van der Waals surface area contributed by atoms with E-state index in [1.165, 1.54) is 0 Å². The highest BCUT2D eigenvalue weighted by molar-refractivity contribution is 6.00. The summed E-state index contributed by atoms with van der Waals surface area (Å²) in [6.07, 6.45) is 9.97. The number of aromatic nitrogens is 2. The maximum atomic E-state index is 12.9. The molecule has 3 aromatic rings. The highest BCUT2D eigenvalue weighted by Gasteiger charge is 2.32. The van der Waals surface area contributed by atoms with Crippen molar-refractivity contribution < 1.29 is 9.53 Å². The number of anilines is 1. The normalized spacial score (nSPS) is 18.0. The molecule has 147 valence electrons. The fourth-order valence-electron chi connectivity index (χ4n) is 4.14. The summed E-state index contributed by atoms with van der Waals surface area (Å²) in [6, 6.07) is 8.06. The van der Waals surface area contributed by atoms with E-state index in [1.54, 1.807) is 0 Å². The Morgan fingerprint density at radius 1 is 1.17 bits per heavy atom. The van der Waals surface area contributed by atoms with Crippen LogP contribution in [0.5, 0.6) is 0 Å². The topological polar surface area (TPSA) is 58.9 Å². The van der Waals surface area contributed by atoms with Crippen molar-refractivity contribution >= 4 is 28.3 Å². The molecule has 29 heavy (non-hydrogen) atoms. The standard InChI is InChI=1S/C23H23N4O2/c1-2-29-23(28)17-15-27-19-10-6-5-9-18(19)25-22(26-13-11-24-12-14-26)21(27)20(17)16-7-3-4-8-16/h3-10,15,24H,2,11-14H2,1H3. The van der Waals surface area contributed by atoms with Crippen molar-refractivity contribution in [3.8, 4) is 0 Å². The number of ether oxygens (including phenoxy) is 1. The molecule has 0 amide bonds. The van der Waals surface area contributed by atoms with Crippen molar-refractivity contribution in [1.82, 2.24) is 14.7 Å². The van der Waals surface area contributed by atoms with Crippen LogP contribution in [0.3, 0.4) is 0 Å². The van der Waals surface area contributed by atoms with E-state index >= 15 is 0 Å². The molecule has 0 unspecified atom stereocenters. The Hall–Kier alpha value is -2.60. The molecule has 5 radical (unpaired) electrons. The van der Waals surface area contributed by atoms with Gasteiger partial charge >= 0.3 is 5.97 Å². The Morgan fingerprint density at radius 2 is 1.93 bits per heavy atom. The number of para-hydroxylation sites is 2. The smallest absolute Gasteiger partial charge is 0.340 e. The number of benzene rings is 1. The molecule has 0 atom stereocenters. The van der Waals surface area contributed by atoms with Gasteiger partial charge in [-0.15, -0.1) is 0 Å². The van der Waals surface area contributed by atoms with Crippen molar-refractivity contribution in [3.05, 3.63) is 73.2 Å². The van der Waals surface area contributed by atoms with Crippen LogP contribution in [0.15, 0.2) is 30.5 Å². The highest BCUT2D eigenvalue weighted by atomic mass is 16.5. The van der Waals surface area contributed by atoms with Gasteiger partial charge in [0.2, 0.25) is 0 Å². The number of hydrogen-bond donors (Lipinski definition) is 1. The molecule has 1 saturated heterocycles. The van der Waals surface area contributed by atoms with E-state index in [0.717, 1.165) is 60.0 Å². The SMILES string of the molecule is CCOC(=O)c1cn2c(c(N3CCNCC3)nc3ccccc32)c1[C]1[CH][CH][CH][CH]1. The quantitative estimate of drug-likeness (QED) is 0.698. The summed E-state index contributed by atoms with van der Waals surface area (Å²) in [5, 5.41) is 3.40. The second kappa shape index (κ2) is 7.67. The first-order valence-electron chi connectivity index (χ1n) is 10.1. The fourth-order valence-corrected chi connectivity index (χ4v) is 4.14. The monoisotopic (exact) mass is 387 g/mol. The highest BCUT2D eigenvalue weighted by Crippen LogP contribution is 2.40. The Bertz CT molecular complexity index is 1050. The second-order valence-corrected chi connectivity index (χ2v) is 7.19. The number of piperazine rings is 1. The molecule has 1 N–H and O–H groups in total. The van der Waals surface area contributed by atoms with Gasteiger partial charge in [-0.25, -0.2) is 9.78 Å². The first-order chi connectivity index (χ1) is 14.3. The Balaban J connectivity index is 1.82. The molecule has 3 heterocycles. The summed E-state index contributed by atoms with van der Waals surface area (Å²) < 4.78 is 7.50. The summed E-state index contributed by atoms with van der Waals surface area (Å²) in [5.41, 5.74) is 4.31. The summed E-state index contributed by atoms with van der Waals surface area (Å²) in [6.45, 7) is 5.76. The summed E-state index contributed by atoms with van der Waals surface area (Å²) in [7, 11) is 0. The van der Waals surface area contributed by atoms with Crippen LogP contribution in [0.1, 0.15) is 22.8 Å². The van der Waals surface area contributed by atoms with Crippen LogP contribution in [0.25, 0.3) is 16.6 Å². The van der Waals surface area contributed by atoms with Crippen LogP contribution >= 0.6 is 0 Å². The average molecular weight is 387 g/mol. The Kier molecular flexibility index (Phi) is 4.87. The molecular formula is C23H23N4O2. The number of esters is 1. The van der Waals surface area contributed by atoms with Gasteiger partial charge in [-0.3, -0.25) is 0 Å². The van der Waals surface area contributed by atoms with E-state index < -0.39 is 0 Å². The minimum Gasteiger partial charge on any atom is -0.462 e. The zero-order valence-electron chi connectivity index (χ0n) is 16.4. The van der Waals surface area contributed by atoms with E-state index in [2.05, 4.69) is 14.6 Å². The molecule has 6 nitrogen and oxygen atoms in total. The minimum atomic E-state index is -0.303. The van der Waals surface area contributed by atoms with Gasteiger partial charge in [-0.2, -0.15) is 0 Å². The lowest BCUT2D eigenvalue weighted by Gasteiger charge is -2.30. The predicted molar refractivity (Wildman–Crippen MR) is 113 cm³/mol. The lowest BCUT2D eigenvalue weighted by Crippen LogP contribution is -2.44. The van der Waals surface area contributed by atoms with Gasteiger partial charge in [-0.05, 0) is 44.7 Å². The first kappa shape index (κ1) is 18.4. The van der Waals surface area contributed by atoms with Crippen molar-refractivity contribution in [3.63, 3.8) is 0 Å². The number of rotatable bonds is 4. The van der Waals surface area contributed by atoms with E-state index in [0.29, 0.717) is 12.2 Å². The molecule has 2 fully saturated rings. The summed E-state index contributed by atoms with van der Waals surface area (Å²) >= 11 is 0. The van der Waals surface area contributed by atoms with Crippen LogP contribution in [-0.4, -0.2) is 48.1 Å². The molecule has 0 bridgehead atoms. The zero-order valence-corrected chi connectivity index (χ0v) is 16.4. The van der Waals surface area contributed by atoms with Gasteiger partial charge in [0.05, 0.1) is 28.7 Å². The van der Waals surface area contributed by atoms with E-state index in [1.807, 2.05) is 63.1 Å². The molecule has 0 spiro atoms. The van der Waals surface area contributed by atoms with Crippen LogP contribution in [0.2, 0.25) is 0 Å². The average Bonchev–Trinajstić information content (AvgIpc) is 3.42. The van der Waals surface area contributed by atoms with Gasteiger partial charge in [0.1, 0.15) is 0 Å². The van der Waals surface area contributed by atoms with Gasteiger partial charge in [0.15, 0.2) is 5.82 Å². The third-order valence-electron chi connectivity index (χ3n) is 5.45. The summed E-state index contributed by atoms with van der Waals surface area (Å²) in [5.74, 6) is 1.61. The molecule has 1 aliphatic carbocycles. The lowest BCUT2D eigenvalue weighted by atomic mass is 9.94. The van der Waals surface area contributed by atoms with Crippen molar-refractivity contribution in [1.29, 1.82) is 0 Å². The van der Waals surface area contributed by atoms with Gasteiger partial charge in [0, 0.05) is 43.9 Å². The second-order valence-electron chi connectivity index (χ2n) is 7.19. The minimum absolute atomic E-state index is 0.303.